The van der Waals surface area contributed by atoms with Crippen LogP contribution in [0.2, 0.25) is 0 Å². The average Bonchev–Trinajstić information content (AvgIpc) is 3.13. The van der Waals surface area contributed by atoms with Gasteiger partial charge in [0.2, 0.25) is 5.91 Å². The van der Waals surface area contributed by atoms with Crippen molar-refractivity contribution in [2.45, 2.75) is 37.4 Å². The number of aliphatic imine (C=N–C) groups is 1. The summed E-state index contributed by atoms with van der Waals surface area (Å²) >= 11 is 1.39. The van der Waals surface area contributed by atoms with Crippen LogP contribution < -0.4 is 0 Å². The number of ketones is 1. The van der Waals surface area contributed by atoms with Gasteiger partial charge in [0.25, 0.3) is 0 Å². The molecule has 3 aromatic carbocycles. The largest absolute Gasteiger partial charge is 0.294 e. The fourth-order valence-corrected chi connectivity index (χ4v) is 5.91. The molecule has 3 aromatic rings. The average molecular weight is 455 g/mol. The molecule has 1 amide bonds. The van der Waals surface area contributed by atoms with Crippen LogP contribution in [-0.4, -0.2) is 33.6 Å². The van der Waals surface area contributed by atoms with E-state index in [4.69, 9.17) is 4.99 Å². The van der Waals surface area contributed by atoms with Crippen LogP contribution in [0, 0.1) is 0 Å². The van der Waals surface area contributed by atoms with E-state index in [1.807, 2.05) is 42.5 Å². The smallest absolute Gasteiger partial charge is 0.242 e. The van der Waals surface area contributed by atoms with E-state index in [9.17, 15) is 9.59 Å². The molecular formula is C28H26N2O2S. The zero-order chi connectivity index (χ0) is 22.8. The molecule has 1 saturated heterocycles. The van der Waals surface area contributed by atoms with Gasteiger partial charge in [-0.15, -0.1) is 6.58 Å². The lowest BCUT2D eigenvalue weighted by Gasteiger charge is -2.19. The van der Waals surface area contributed by atoms with Gasteiger partial charge in [0.1, 0.15) is 0 Å². The first-order valence-electron chi connectivity index (χ1n) is 11.4. The standard InChI is InChI=1S/C28H26N2O2S/c1-2-17-30-27(32)26(18-25(31)23-15-7-11-19-9-3-5-13-21(19)23)33-28(30)29-24-16-8-12-20-10-4-6-14-22(20)24/h2,4,6-8,10-12,14-16,26H,1,3,5,9,13,17-18H2. The number of amidine groups is 1. The van der Waals surface area contributed by atoms with E-state index < -0.39 is 5.25 Å². The van der Waals surface area contributed by atoms with Crippen LogP contribution in [0.4, 0.5) is 5.69 Å². The van der Waals surface area contributed by atoms with Gasteiger partial charge >= 0.3 is 0 Å². The lowest BCUT2D eigenvalue weighted by atomic mass is 9.86. The molecule has 33 heavy (non-hydrogen) atoms. The number of benzene rings is 3. The van der Waals surface area contributed by atoms with E-state index in [1.54, 1.807) is 11.0 Å². The molecular weight excluding hydrogens is 428 g/mol. The van der Waals surface area contributed by atoms with Crippen molar-refractivity contribution in [1.82, 2.24) is 4.90 Å². The SMILES string of the molecule is C=CCN1C(=O)C(CC(=O)c2cccc3c2CCCC3)SC1=Nc1cccc2ccccc12. The Morgan fingerprint density at radius 3 is 2.73 bits per heavy atom. The lowest BCUT2D eigenvalue weighted by molar-refractivity contribution is -0.125. The molecule has 1 heterocycles. The summed E-state index contributed by atoms with van der Waals surface area (Å²) in [5, 5.41) is 2.30. The van der Waals surface area contributed by atoms with Crippen LogP contribution in [0.5, 0.6) is 0 Å². The Morgan fingerprint density at radius 2 is 1.85 bits per heavy atom. The second kappa shape index (κ2) is 9.36. The van der Waals surface area contributed by atoms with Gasteiger partial charge < -0.3 is 0 Å². The maximum absolute atomic E-state index is 13.3. The van der Waals surface area contributed by atoms with Crippen molar-refractivity contribution >= 4 is 45.1 Å². The number of rotatable bonds is 6. The number of thioether (sulfide) groups is 1. The second-order valence-electron chi connectivity index (χ2n) is 8.51. The van der Waals surface area contributed by atoms with Gasteiger partial charge in [-0.25, -0.2) is 4.99 Å². The van der Waals surface area contributed by atoms with Crippen LogP contribution in [0.25, 0.3) is 10.8 Å². The van der Waals surface area contributed by atoms with Crippen molar-refractivity contribution in [3.63, 3.8) is 0 Å². The first kappa shape index (κ1) is 21.7. The number of fused-ring (bicyclic) bond motifs is 2. The summed E-state index contributed by atoms with van der Waals surface area (Å²) in [4.78, 5) is 33.0. The molecule has 1 unspecified atom stereocenters. The molecule has 0 radical (unpaired) electrons. The molecule has 0 N–H and O–H groups in total. The highest BCUT2D eigenvalue weighted by Gasteiger charge is 2.39. The summed E-state index contributed by atoms with van der Waals surface area (Å²) in [5.74, 6) is -0.0263. The van der Waals surface area contributed by atoms with Crippen molar-refractivity contribution < 1.29 is 9.59 Å². The monoisotopic (exact) mass is 454 g/mol. The van der Waals surface area contributed by atoms with Gasteiger partial charge in [-0.3, -0.25) is 14.5 Å². The van der Waals surface area contributed by atoms with Gasteiger partial charge in [-0.1, -0.05) is 72.4 Å². The maximum atomic E-state index is 13.3. The molecule has 0 aromatic heterocycles. The van der Waals surface area contributed by atoms with Gasteiger partial charge in [-0.2, -0.15) is 0 Å². The summed E-state index contributed by atoms with van der Waals surface area (Å²) in [6.45, 7) is 4.18. The fraction of sp³-hybridized carbons (Fsp3) is 0.250. The summed E-state index contributed by atoms with van der Waals surface area (Å²) < 4.78 is 0. The van der Waals surface area contributed by atoms with E-state index in [1.165, 1.54) is 29.3 Å². The van der Waals surface area contributed by atoms with E-state index in [0.29, 0.717) is 11.7 Å². The van der Waals surface area contributed by atoms with Crippen LogP contribution in [-0.2, 0) is 17.6 Å². The minimum Gasteiger partial charge on any atom is -0.294 e. The topological polar surface area (TPSA) is 49.7 Å². The fourth-order valence-electron chi connectivity index (χ4n) is 4.75. The molecule has 1 aliphatic carbocycles. The summed E-state index contributed by atoms with van der Waals surface area (Å²) in [6, 6.07) is 20.1. The molecule has 1 fully saturated rings. The van der Waals surface area contributed by atoms with Crippen molar-refractivity contribution in [2.24, 2.45) is 4.99 Å². The molecule has 0 spiro atoms. The van der Waals surface area contributed by atoms with Crippen molar-refractivity contribution in [3.05, 3.63) is 90.0 Å². The van der Waals surface area contributed by atoms with Crippen LogP contribution in [0.15, 0.2) is 78.3 Å². The lowest BCUT2D eigenvalue weighted by Crippen LogP contribution is -2.33. The van der Waals surface area contributed by atoms with E-state index in [0.717, 1.165) is 41.3 Å². The van der Waals surface area contributed by atoms with Crippen molar-refractivity contribution in [1.29, 1.82) is 0 Å². The number of carbonyl (C=O) groups excluding carboxylic acids is 2. The number of hydrogen-bond acceptors (Lipinski definition) is 4. The van der Waals surface area contributed by atoms with Crippen LogP contribution in [0.3, 0.4) is 0 Å². The minimum atomic E-state index is -0.467. The van der Waals surface area contributed by atoms with Crippen LogP contribution >= 0.6 is 11.8 Å². The normalized spacial score (nSPS) is 19.2. The Labute approximate surface area is 198 Å². The Bertz CT molecular complexity index is 1270. The molecule has 2 aliphatic rings. The molecule has 0 bridgehead atoms. The first-order valence-corrected chi connectivity index (χ1v) is 12.3. The van der Waals surface area contributed by atoms with Crippen LogP contribution in [0.1, 0.15) is 40.7 Å². The number of nitrogens with zero attached hydrogens (tertiary/aromatic N) is 2. The summed E-state index contributed by atoms with van der Waals surface area (Å²) in [5.41, 5.74) is 4.07. The third-order valence-corrected chi connectivity index (χ3v) is 7.56. The Balaban J connectivity index is 1.43. The molecule has 5 rings (SSSR count). The number of hydrogen-bond donors (Lipinski definition) is 0. The third-order valence-electron chi connectivity index (χ3n) is 6.38. The Kier molecular flexibility index (Phi) is 6.14. The van der Waals surface area contributed by atoms with E-state index in [-0.39, 0.29) is 18.1 Å². The summed E-state index contributed by atoms with van der Waals surface area (Å²) in [7, 11) is 0. The number of aryl methyl sites for hydroxylation is 1. The predicted octanol–water partition coefficient (Wildman–Crippen LogP) is 6.11. The second-order valence-corrected chi connectivity index (χ2v) is 9.68. The van der Waals surface area contributed by atoms with Gasteiger partial charge in [-0.05, 0) is 48.3 Å². The highest BCUT2D eigenvalue weighted by Crippen LogP contribution is 2.35. The number of amides is 1. The maximum Gasteiger partial charge on any atom is 0.242 e. The minimum absolute atomic E-state index is 0.0459. The molecule has 0 saturated carbocycles. The molecule has 1 aliphatic heterocycles. The molecule has 4 nitrogen and oxygen atoms in total. The molecule has 5 heteroatoms. The van der Waals surface area contributed by atoms with E-state index >= 15 is 0 Å². The van der Waals surface area contributed by atoms with Gasteiger partial charge in [0.05, 0.1) is 10.9 Å². The quantitative estimate of drug-likeness (QED) is 0.334. The predicted molar refractivity (Wildman–Crippen MR) is 136 cm³/mol. The third kappa shape index (κ3) is 4.25. The highest BCUT2D eigenvalue weighted by molar-refractivity contribution is 8.15. The number of carbonyl (C=O) groups is 2. The number of Topliss-reactive ketones (excluding diaryl/α,β-unsaturated/α-hetero) is 1. The van der Waals surface area contributed by atoms with Gasteiger partial charge in [0, 0.05) is 23.9 Å². The molecule has 166 valence electrons. The first-order chi connectivity index (χ1) is 16.2. The Hall–Kier alpha value is -3.18. The highest BCUT2D eigenvalue weighted by atomic mass is 32.2. The molecule has 1 atom stereocenters. The zero-order valence-corrected chi connectivity index (χ0v) is 19.3. The summed E-state index contributed by atoms with van der Waals surface area (Å²) in [6.07, 6.45) is 6.15. The zero-order valence-electron chi connectivity index (χ0n) is 18.5. The van der Waals surface area contributed by atoms with E-state index in [2.05, 4.69) is 24.8 Å². The Morgan fingerprint density at radius 1 is 1.06 bits per heavy atom. The van der Waals surface area contributed by atoms with Crippen molar-refractivity contribution in [2.75, 3.05) is 6.54 Å². The van der Waals surface area contributed by atoms with Gasteiger partial charge in [0.15, 0.2) is 11.0 Å². The van der Waals surface area contributed by atoms with Crippen molar-refractivity contribution in [3.8, 4) is 0 Å².